The number of thiol groups is 1. The molecule has 1 aliphatic rings. The summed E-state index contributed by atoms with van der Waals surface area (Å²) >= 11 is 9.89. The largest absolute Gasteiger partial charge is 0.308 e. The van der Waals surface area contributed by atoms with Crippen molar-refractivity contribution in [3.8, 4) is 0 Å². The van der Waals surface area contributed by atoms with Gasteiger partial charge < -0.3 is 4.90 Å². The number of carbonyl (C=O) groups is 1. The summed E-state index contributed by atoms with van der Waals surface area (Å²) < 4.78 is 26.5. The first kappa shape index (κ1) is 12.6. The minimum atomic E-state index is -0.817. The first-order valence-corrected chi connectivity index (χ1v) is 6.09. The lowest BCUT2D eigenvalue weighted by Gasteiger charge is -2.18. The summed E-state index contributed by atoms with van der Waals surface area (Å²) in [5.74, 6) is -1.16. The van der Waals surface area contributed by atoms with Gasteiger partial charge in [-0.2, -0.15) is 12.6 Å². The van der Waals surface area contributed by atoms with Crippen LogP contribution in [-0.2, 0) is 4.79 Å². The van der Waals surface area contributed by atoms with Crippen molar-refractivity contribution in [3.05, 3.63) is 28.8 Å². The molecule has 1 saturated heterocycles. The van der Waals surface area contributed by atoms with Crippen molar-refractivity contribution in [1.82, 2.24) is 0 Å². The number of carbonyl (C=O) groups excluding carboxylic acids is 1. The van der Waals surface area contributed by atoms with Crippen LogP contribution in [0.1, 0.15) is 6.42 Å². The molecule has 1 atom stereocenters. The fourth-order valence-corrected chi connectivity index (χ4v) is 2.45. The number of hydrogen-bond acceptors (Lipinski definition) is 2. The quantitative estimate of drug-likeness (QED) is 0.824. The van der Waals surface area contributed by atoms with E-state index in [0.29, 0.717) is 18.7 Å². The first-order valence-electron chi connectivity index (χ1n) is 5.08. The van der Waals surface area contributed by atoms with Crippen LogP contribution in [0, 0.1) is 17.6 Å². The normalized spacial score (nSPS) is 20.1. The van der Waals surface area contributed by atoms with Crippen molar-refractivity contribution < 1.29 is 13.6 Å². The molecule has 92 valence electrons. The molecule has 0 saturated carbocycles. The molecule has 1 heterocycles. The van der Waals surface area contributed by atoms with Gasteiger partial charge in [0.15, 0.2) is 5.82 Å². The van der Waals surface area contributed by atoms with E-state index in [4.69, 9.17) is 11.6 Å². The number of rotatable bonds is 2. The highest BCUT2D eigenvalue weighted by Crippen LogP contribution is 2.34. The molecule has 0 spiro atoms. The van der Waals surface area contributed by atoms with Crippen LogP contribution in [0.25, 0.3) is 0 Å². The maximum atomic E-state index is 13.6. The highest BCUT2D eigenvalue weighted by Gasteiger charge is 2.32. The van der Waals surface area contributed by atoms with Crippen LogP contribution in [0.4, 0.5) is 14.5 Å². The number of hydrogen-bond donors (Lipinski definition) is 1. The Morgan fingerprint density at radius 2 is 2.18 bits per heavy atom. The highest BCUT2D eigenvalue weighted by molar-refractivity contribution is 7.80. The molecule has 1 amide bonds. The summed E-state index contributed by atoms with van der Waals surface area (Å²) in [6.45, 7) is 0.366. The number of halogens is 3. The van der Waals surface area contributed by atoms with Crippen LogP contribution in [0.5, 0.6) is 0 Å². The van der Waals surface area contributed by atoms with Crippen LogP contribution >= 0.6 is 24.2 Å². The van der Waals surface area contributed by atoms with Crippen molar-refractivity contribution in [2.75, 3.05) is 17.2 Å². The van der Waals surface area contributed by atoms with E-state index in [1.54, 1.807) is 0 Å². The second kappa shape index (κ2) is 4.82. The highest BCUT2D eigenvalue weighted by atomic mass is 35.5. The van der Waals surface area contributed by atoms with E-state index < -0.39 is 11.6 Å². The molecule has 1 aromatic rings. The van der Waals surface area contributed by atoms with Gasteiger partial charge in [0.2, 0.25) is 5.91 Å². The lowest BCUT2D eigenvalue weighted by molar-refractivity contribution is -0.117. The number of benzene rings is 1. The Labute approximate surface area is 108 Å². The summed E-state index contributed by atoms with van der Waals surface area (Å²) in [6, 6.07) is 1.73. The van der Waals surface area contributed by atoms with Gasteiger partial charge in [0.05, 0.1) is 10.7 Å². The van der Waals surface area contributed by atoms with Gasteiger partial charge in [0.25, 0.3) is 0 Å². The molecule has 0 aliphatic carbocycles. The fourth-order valence-electron chi connectivity index (χ4n) is 1.91. The topological polar surface area (TPSA) is 20.3 Å². The summed E-state index contributed by atoms with van der Waals surface area (Å²) in [4.78, 5) is 13.0. The Morgan fingerprint density at radius 3 is 2.71 bits per heavy atom. The molecule has 1 unspecified atom stereocenters. The van der Waals surface area contributed by atoms with Gasteiger partial charge in [0.1, 0.15) is 5.82 Å². The lowest BCUT2D eigenvalue weighted by Crippen LogP contribution is -2.26. The Bertz CT molecular complexity index is 446. The van der Waals surface area contributed by atoms with Gasteiger partial charge in [-0.05, 0) is 17.7 Å². The van der Waals surface area contributed by atoms with E-state index in [9.17, 15) is 13.6 Å². The molecule has 0 bridgehead atoms. The molecule has 0 radical (unpaired) electrons. The minimum absolute atomic E-state index is 0.0395. The van der Waals surface area contributed by atoms with Crippen LogP contribution in [0.15, 0.2) is 12.1 Å². The molecule has 2 nitrogen and oxygen atoms in total. The van der Waals surface area contributed by atoms with Crippen molar-refractivity contribution in [2.45, 2.75) is 6.42 Å². The van der Waals surface area contributed by atoms with Crippen LogP contribution in [-0.4, -0.2) is 18.2 Å². The maximum Gasteiger partial charge on any atom is 0.227 e. The lowest BCUT2D eigenvalue weighted by atomic mass is 10.1. The van der Waals surface area contributed by atoms with Crippen LogP contribution < -0.4 is 4.90 Å². The van der Waals surface area contributed by atoms with Gasteiger partial charge >= 0.3 is 0 Å². The molecular weight excluding hydrogens is 268 g/mol. The second-order valence-electron chi connectivity index (χ2n) is 3.98. The number of nitrogens with zero attached hydrogens (tertiary/aromatic N) is 1. The number of amides is 1. The average molecular weight is 278 g/mol. The van der Waals surface area contributed by atoms with Gasteiger partial charge in [-0.15, -0.1) is 0 Å². The molecule has 0 aromatic heterocycles. The van der Waals surface area contributed by atoms with E-state index in [2.05, 4.69) is 12.6 Å². The molecule has 0 N–H and O–H groups in total. The summed E-state index contributed by atoms with van der Waals surface area (Å²) in [5.41, 5.74) is -0.0395. The molecule has 2 rings (SSSR count). The molecule has 1 aromatic carbocycles. The van der Waals surface area contributed by atoms with Crippen molar-refractivity contribution in [1.29, 1.82) is 0 Å². The van der Waals surface area contributed by atoms with Crippen molar-refractivity contribution in [3.63, 3.8) is 0 Å². The maximum absolute atomic E-state index is 13.6. The molecular formula is C11H10ClF2NOS. The molecule has 17 heavy (non-hydrogen) atoms. The third-order valence-electron chi connectivity index (χ3n) is 2.71. The zero-order chi connectivity index (χ0) is 12.6. The van der Waals surface area contributed by atoms with E-state index in [1.807, 2.05) is 0 Å². The second-order valence-corrected chi connectivity index (χ2v) is 4.75. The molecule has 1 aliphatic heterocycles. The zero-order valence-corrected chi connectivity index (χ0v) is 10.4. The number of anilines is 1. The third-order valence-corrected chi connectivity index (χ3v) is 3.52. The Balaban J connectivity index is 2.38. The van der Waals surface area contributed by atoms with Gasteiger partial charge in [-0.3, -0.25) is 4.79 Å². The predicted molar refractivity (Wildman–Crippen MR) is 65.7 cm³/mol. The zero-order valence-electron chi connectivity index (χ0n) is 8.79. The van der Waals surface area contributed by atoms with Crippen LogP contribution in [0.2, 0.25) is 5.02 Å². The monoisotopic (exact) mass is 277 g/mol. The van der Waals surface area contributed by atoms with Gasteiger partial charge in [-0.25, -0.2) is 8.78 Å². The van der Waals surface area contributed by atoms with Crippen molar-refractivity contribution >= 4 is 35.8 Å². The SMILES string of the molecule is O=C1CC(CS)CN1c1c(F)cc(F)cc1Cl. The fraction of sp³-hybridized carbons (Fsp3) is 0.364. The third kappa shape index (κ3) is 2.40. The van der Waals surface area contributed by atoms with E-state index in [0.717, 1.165) is 12.1 Å². The average Bonchev–Trinajstić information content (AvgIpc) is 2.59. The van der Waals surface area contributed by atoms with E-state index in [1.165, 1.54) is 4.90 Å². The van der Waals surface area contributed by atoms with E-state index >= 15 is 0 Å². The predicted octanol–water partition coefficient (Wildman–Crippen LogP) is 2.90. The smallest absolute Gasteiger partial charge is 0.227 e. The first-order chi connectivity index (χ1) is 8.02. The summed E-state index contributed by atoms with van der Waals surface area (Å²) in [5, 5.41) is -0.0873. The Hall–Kier alpha value is -0.810. The summed E-state index contributed by atoms with van der Waals surface area (Å²) in [6.07, 6.45) is 0.316. The van der Waals surface area contributed by atoms with Crippen molar-refractivity contribution in [2.24, 2.45) is 5.92 Å². The van der Waals surface area contributed by atoms with Gasteiger partial charge in [-0.1, -0.05) is 11.6 Å². The summed E-state index contributed by atoms with van der Waals surface area (Å²) in [7, 11) is 0. The molecule has 6 heteroatoms. The Morgan fingerprint density at radius 1 is 1.47 bits per heavy atom. The Kier molecular flexibility index (Phi) is 3.58. The van der Waals surface area contributed by atoms with Gasteiger partial charge in [0, 0.05) is 19.0 Å². The van der Waals surface area contributed by atoms with E-state index in [-0.39, 0.29) is 22.5 Å². The van der Waals surface area contributed by atoms with Crippen LogP contribution in [0.3, 0.4) is 0 Å². The standard InChI is InChI=1S/C11H10ClF2NOS/c12-8-2-7(13)3-9(14)11(8)15-4-6(5-17)1-10(15)16/h2-3,6,17H,1,4-5H2. The molecule has 1 fully saturated rings. The minimum Gasteiger partial charge on any atom is -0.308 e.